The van der Waals surface area contributed by atoms with Crippen molar-refractivity contribution in [3.8, 4) is 0 Å². The SMILES string of the molecule is Cc1cc(C)c(C(O)C(C)NC(C)(C)C)c(C)c1. The predicted octanol–water partition coefficient (Wildman–Crippen LogP) is 3.42. The van der Waals surface area contributed by atoms with Gasteiger partial charge in [-0.25, -0.2) is 0 Å². The lowest BCUT2D eigenvalue weighted by Crippen LogP contribution is -2.45. The van der Waals surface area contributed by atoms with Crippen molar-refractivity contribution >= 4 is 0 Å². The molecule has 0 saturated carbocycles. The highest BCUT2D eigenvalue weighted by Crippen LogP contribution is 2.26. The van der Waals surface area contributed by atoms with Crippen molar-refractivity contribution < 1.29 is 5.11 Å². The Morgan fingerprint density at radius 3 is 1.89 bits per heavy atom. The second kappa shape index (κ2) is 5.41. The fourth-order valence-corrected chi connectivity index (χ4v) is 2.67. The molecule has 0 aliphatic rings. The van der Waals surface area contributed by atoms with Crippen molar-refractivity contribution in [2.75, 3.05) is 0 Å². The van der Waals surface area contributed by atoms with Crippen LogP contribution in [0, 0.1) is 20.8 Å². The lowest BCUT2D eigenvalue weighted by atomic mass is 9.91. The van der Waals surface area contributed by atoms with Gasteiger partial charge in [-0.15, -0.1) is 0 Å². The molecule has 0 heterocycles. The van der Waals surface area contributed by atoms with E-state index in [1.165, 1.54) is 16.7 Å². The first-order valence-corrected chi connectivity index (χ1v) is 6.65. The van der Waals surface area contributed by atoms with Crippen LogP contribution in [0.4, 0.5) is 0 Å². The first kappa shape index (κ1) is 15.2. The summed E-state index contributed by atoms with van der Waals surface area (Å²) >= 11 is 0. The third-order valence-electron chi connectivity index (χ3n) is 3.17. The second-order valence-corrected chi connectivity index (χ2v) is 6.44. The average Bonchev–Trinajstić information content (AvgIpc) is 2.12. The maximum absolute atomic E-state index is 10.5. The molecular formula is C16H27NO. The zero-order chi connectivity index (χ0) is 14.1. The second-order valence-electron chi connectivity index (χ2n) is 6.44. The van der Waals surface area contributed by atoms with Crippen molar-refractivity contribution in [3.63, 3.8) is 0 Å². The van der Waals surface area contributed by atoms with E-state index in [4.69, 9.17) is 0 Å². The molecule has 2 unspecified atom stereocenters. The monoisotopic (exact) mass is 249 g/mol. The van der Waals surface area contributed by atoms with E-state index in [2.05, 4.69) is 59.0 Å². The van der Waals surface area contributed by atoms with E-state index < -0.39 is 6.10 Å². The molecule has 0 bridgehead atoms. The van der Waals surface area contributed by atoms with Crippen LogP contribution in [0.25, 0.3) is 0 Å². The standard InChI is InChI=1S/C16H27NO/c1-10-8-11(2)14(12(3)9-10)15(18)13(4)17-16(5,6)7/h8-9,13,15,17-18H,1-7H3. The van der Waals surface area contributed by atoms with Gasteiger partial charge < -0.3 is 10.4 Å². The molecule has 2 nitrogen and oxygen atoms in total. The fourth-order valence-electron chi connectivity index (χ4n) is 2.67. The number of hydrogen-bond donors (Lipinski definition) is 2. The topological polar surface area (TPSA) is 32.3 Å². The molecule has 1 rings (SSSR count). The van der Waals surface area contributed by atoms with Gasteiger partial charge in [0.05, 0.1) is 6.10 Å². The van der Waals surface area contributed by atoms with Gasteiger partial charge in [0.2, 0.25) is 0 Å². The number of aryl methyl sites for hydroxylation is 3. The van der Waals surface area contributed by atoms with Crippen LogP contribution in [0.1, 0.15) is 56.1 Å². The average molecular weight is 249 g/mol. The molecule has 0 amide bonds. The number of rotatable bonds is 3. The van der Waals surface area contributed by atoms with Crippen molar-refractivity contribution in [1.82, 2.24) is 5.32 Å². The van der Waals surface area contributed by atoms with Crippen LogP contribution in [0.3, 0.4) is 0 Å². The molecule has 1 aromatic carbocycles. The normalized spacial score (nSPS) is 15.6. The van der Waals surface area contributed by atoms with Crippen LogP contribution < -0.4 is 5.32 Å². The summed E-state index contributed by atoms with van der Waals surface area (Å²) in [5, 5.41) is 14.0. The summed E-state index contributed by atoms with van der Waals surface area (Å²) in [7, 11) is 0. The number of hydrogen-bond acceptors (Lipinski definition) is 2. The minimum absolute atomic E-state index is 0.00685. The van der Waals surface area contributed by atoms with Crippen molar-refractivity contribution in [3.05, 3.63) is 34.4 Å². The summed E-state index contributed by atoms with van der Waals surface area (Å²) in [5.41, 5.74) is 4.65. The molecule has 0 aromatic heterocycles. The number of aliphatic hydroxyl groups is 1. The fraction of sp³-hybridized carbons (Fsp3) is 0.625. The Morgan fingerprint density at radius 1 is 1.06 bits per heavy atom. The molecule has 0 saturated heterocycles. The quantitative estimate of drug-likeness (QED) is 0.860. The third kappa shape index (κ3) is 3.82. The van der Waals surface area contributed by atoms with E-state index in [9.17, 15) is 5.11 Å². The number of aliphatic hydroxyl groups excluding tert-OH is 1. The van der Waals surface area contributed by atoms with E-state index in [-0.39, 0.29) is 11.6 Å². The molecule has 0 spiro atoms. The van der Waals surface area contributed by atoms with Crippen LogP contribution in [-0.4, -0.2) is 16.7 Å². The highest BCUT2D eigenvalue weighted by atomic mass is 16.3. The zero-order valence-corrected chi connectivity index (χ0v) is 12.8. The number of benzene rings is 1. The summed E-state index contributed by atoms with van der Waals surface area (Å²) in [5.74, 6) is 0. The molecule has 2 heteroatoms. The Balaban J connectivity index is 3.00. The van der Waals surface area contributed by atoms with Crippen LogP contribution in [0.5, 0.6) is 0 Å². The van der Waals surface area contributed by atoms with Crippen molar-refractivity contribution in [1.29, 1.82) is 0 Å². The van der Waals surface area contributed by atoms with Crippen LogP contribution in [0.2, 0.25) is 0 Å². The first-order chi connectivity index (χ1) is 8.11. The van der Waals surface area contributed by atoms with Crippen molar-refractivity contribution in [2.24, 2.45) is 0 Å². The van der Waals surface area contributed by atoms with Gasteiger partial charge in [0, 0.05) is 11.6 Å². The van der Waals surface area contributed by atoms with E-state index >= 15 is 0 Å². The summed E-state index contributed by atoms with van der Waals surface area (Å²) in [6.07, 6.45) is -0.468. The largest absolute Gasteiger partial charge is 0.387 e. The molecule has 2 atom stereocenters. The molecule has 0 fully saturated rings. The van der Waals surface area contributed by atoms with Gasteiger partial charge in [0.25, 0.3) is 0 Å². The third-order valence-corrected chi connectivity index (χ3v) is 3.17. The van der Waals surface area contributed by atoms with Gasteiger partial charge >= 0.3 is 0 Å². The van der Waals surface area contributed by atoms with Gasteiger partial charge in [-0.1, -0.05) is 17.7 Å². The van der Waals surface area contributed by atoms with Gasteiger partial charge in [-0.3, -0.25) is 0 Å². The predicted molar refractivity (Wildman–Crippen MR) is 78.0 cm³/mol. The number of nitrogens with one attached hydrogen (secondary N) is 1. The maximum atomic E-state index is 10.5. The van der Waals surface area contributed by atoms with Gasteiger partial charge in [-0.2, -0.15) is 0 Å². The van der Waals surface area contributed by atoms with E-state index in [1.54, 1.807) is 0 Å². The summed E-state index contributed by atoms with van der Waals surface area (Å²) in [6.45, 7) is 14.6. The molecule has 2 N–H and O–H groups in total. The highest BCUT2D eigenvalue weighted by molar-refractivity contribution is 5.39. The minimum atomic E-state index is -0.468. The lowest BCUT2D eigenvalue weighted by molar-refractivity contribution is 0.120. The smallest absolute Gasteiger partial charge is 0.0945 e. The zero-order valence-electron chi connectivity index (χ0n) is 12.8. The van der Waals surface area contributed by atoms with E-state index in [0.29, 0.717) is 0 Å². The van der Waals surface area contributed by atoms with E-state index in [0.717, 1.165) is 5.56 Å². The van der Waals surface area contributed by atoms with Gasteiger partial charge in [-0.05, 0) is 65.2 Å². The minimum Gasteiger partial charge on any atom is -0.387 e. The van der Waals surface area contributed by atoms with Gasteiger partial charge in [0.1, 0.15) is 0 Å². The first-order valence-electron chi connectivity index (χ1n) is 6.65. The van der Waals surface area contributed by atoms with Crippen LogP contribution in [0.15, 0.2) is 12.1 Å². The Kier molecular flexibility index (Phi) is 4.57. The van der Waals surface area contributed by atoms with Gasteiger partial charge in [0.15, 0.2) is 0 Å². The Morgan fingerprint density at radius 2 is 1.50 bits per heavy atom. The van der Waals surface area contributed by atoms with E-state index in [1.807, 2.05) is 6.92 Å². The molecule has 0 aliphatic carbocycles. The van der Waals surface area contributed by atoms with Crippen molar-refractivity contribution in [2.45, 2.75) is 66.2 Å². The molecule has 18 heavy (non-hydrogen) atoms. The Labute approximate surface area is 111 Å². The molecule has 0 radical (unpaired) electrons. The molecule has 1 aromatic rings. The van der Waals surface area contributed by atoms with Crippen LogP contribution >= 0.6 is 0 Å². The molecular weight excluding hydrogens is 222 g/mol. The summed E-state index contributed by atoms with van der Waals surface area (Å²) in [6, 6.07) is 4.30. The Hall–Kier alpha value is -0.860. The lowest BCUT2D eigenvalue weighted by Gasteiger charge is -2.31. The maximum Gasteiger partial charge on any atom is 0.0945 e. The molecule has 0 aliphatic heterocycles. The summed E-state index contributed by atoms with van der Waals surface area (Å²) < 4.78 is 0. The highest BCUT2D eigenvalue weighted by Gasteiger charge is 2.23. The Bertz CT molecular complexity index is 395. The summed E-state index contributed by atoms with van der Waals surface area (Å²) in [4.78, 5) is 0. The molecule has 102 valence electrons. The van der Waals surface area contributed by atoms with Crippen LogP contribution in [-0.2, 0) is 0 Å².